The van der Waals surface area contributed by atoms with E-state index < -0.39 is 0 Å². The number of aryl methyl sites for hydroxylation is 1. The summed E-state index contributed by atoms with van der Waals surface area (Å²) in [6.45, 7) is 5.20. The van der Waals surface area contributed by atoms with Crippen LogP contribution in [0.1, 0.15) is 16.9 Å². The van der Waals surface area contributed by atoms with E-state index >= 15 is 0 Å². The van der Waals surface area contributed by atoms with E-state index in [4.69, 9.17) is 0 Å². The van der Waals surface area contributed by atoms with Crippen LogP contribution < -0.4 is 5.32 Å². The number of hydrogen-bond acceptors (Lipinski definition) is 6. The van der Waals surface area contributed by atoms with Crippen molar-refractivity contribution in [3.05, 3.63) is 35.0 Å². The van der Waals surface area contributed by atoms with Crippen molar-refractivity contribution in [1.82, 2.24) is 19.8 Å². The molecule has 2 aromatic heterocycles. The van der Waals surface area contributed by atoms with Crippen LogP contribution in [0.4, 0.5) is 10.9 Å². The molecular formula is C16H25N5S. The molecule has 0 bridgehead atoms. The van der Waals surface area contributed by atoms with Gasteiger partial charge in [-0.05, 0) is 65.3 Å². The zero-order chi connectivity index (χ0) is 15.9. The van der Waals surface area contributed by atoms with Crippen LogP contribution in [-0.2, 0) is 6.54 Å². The van der Waals surface area contributed by atoms with Crippen LogP contribution in [0.2, 0.25) is 0 Å². The van der Waals surface area contributed by atoms with E-state index in [2.05, 4.69) is 65.3 Å². The fourth-order valence-corrected chi connectivity index (χ4v) is 2.88. The second-order valence-corrected chi connectivity index (χ2v) is 7.08. The highest BCUT2D eigenvalue weighted by Crippen LogP contribution is 2.21. The number of hydrogen-bond donors (Lipinski definition) is 1. The minimum atomic E-state index is 0.855. The monoisotopic (exact) mass is 319 g/mol. The Labute approximate surface area is 137 Å². The molecule has 2 rings (SSSR count). The lowest BCUT2D eigenvalue weighted by molar-refractivity contribution is 0.294. The molecule has 0 fully saturated rings. The summed E-state index contributed by atoms with van der Waals surface area (Å²) in [4.78, 5) is 14.4. The van der Waals surface area contributed by atoms with Gasteiger partial charge in [0, 0.05) is 23.8 Å². The average Bonchev–Trinajstić information content (AvgIpc) is 2.84. The average molecular weight is 319 g/mol. The molecule has 0 radical (unpaired) electrons. The Morgan fingerprint density at radius 1 is 1.18 bits per heavy atom. The molecule has 1 N–H and O–H groups in total. The topological polar surface area (TPSA) is 44.3 Å². The minimum absolute atomic E-state index is 0.855. The van der Waals surface area contributed by atoms with Crippen molar-refractivity contribution in [2.45, 2.75) is 19.9 Å². The first-order chi connectivity index (χ1) is 10.5. The number of anilines is 2. The van der Waals surface area contributed by atoms with E-state index in [-0.39, 0.29) is 0 Å². The fraction of sp³-hybridized carbons (Fsp3) is 0.500. The van der Waals surface area contributed by atoms with Crippen molar-refractivity contribution in [2.75, 3.05) is 39.5 Å². The first-order valence-corrected chi connectivity index (χ1v) is 8.32. The molecule has 5 nitrogen and oxygen atoms in total. The molecule has 0 aliphatic rings. The zero-order valence-electron chi connectivity index (χ0n) is 13.8. The van der Waals surface area contributed by atoms with Gasteiger partial charge in [0.1, 0.15) is 5.82 Å². The number of nitrogens with zero attached hydrogens (tertiary/aromatic N) is 4. The van der Waals surface area contributed by atoms with E-state index in [9.17, 15) is 0 Å². The third-order valence-electron chi connectivity index (χ3n) is 3.28. The van der Waals surface area contributed by atoms with Crippen molar-refractivity contribution >= 4 is 22.3 Å². The third kappa shape index (κ3) is 5.71. The predicted octanol–water partition coefficient (Wildman–Crippen LogP) is 2.97. The molecule has 0 spiro atoms. The largest absolute Gasteiger partial charge is 0.316 e. The van der Waals surface area contributed by atoms with E-state index in [0.717, 1.165) is 30.6 Å². The van der Waals surface area contributed by atoms with Crippen LogP contribution in [0.15, 0.2) is 24.5 Å². The molecule has 120 valence electrons. The van der Waals surface area contributed by atoms with Gasteiger partial charge < -0.3 is 15.1 Å². The van der Waals surface area contributed by atoms with Gasteiger partial charge in [0.25, 0.3) is 0 Å². The Morgan fingerprint density at radius 2 is 2.00 bits per heavy atom. The highest BCUT2D eigenvalue weighted by Gasteiger charge is 2.04. The summed E-state index contributed by atoms with van der Waals surface area (Å²) in [7, 11) is 6.38. The smallest absolute Gasteiger partial charge is 0.188 e. The first-order valence-electron chi connectivity index (χ1n) is 7.50. The van der Waals surface area contributed by atoms with Gasteiger partial charge in [0.15, 0.2) is 5.13 Å². The van der Waals surface area contributed by atoms with Gasteiger partial charge in [-0.15, -0.1) is 11.3 Å². The summed E-state index contributed by atoms with van der Waals surface area (Å²) in [5.41, 5.74) is 1.26. The second-order valence-electron chi connectivity index (χ2n) is 5.85. The SMILES string of the molecule is Cc1cnc(Nc2cc(CN(C)CCCN(C)C)ccn2)s1. The first kappa shape index (κ1) is 16.9. The molecule has 2 heterocycles. The molecule has 0 aliphatic heterocycles. The van der Waals surface area contributed by atoms with Gasteiger partial charge in [-0.1, -0.05) is 0 Å². The lowest BCUT2D eigenvalue weighted by Crippen LogP contribution is -2.23. The van der Waals surface area contributed by atoms with Gasteiger partial charge in [-0.3, -0.25) is 0 Å². The molecule has 0 atom stereocenters. The Morgan fingerprint density at radius 3 is 2.68 bits per heavy atom. The van der Waals surface area contributed by atoms with Crippen LogP contribution >= 0.6 is 11.3 Å². The highest BCUT2D eigenvalue weighted by atomic mass is 32.1. The van der Waals surface area contributed by atoms with Gasteiger partial charge in [0.2, 0.25) is 0 Å². The molecule has 0 amide bonds. The van der Waals surface area contributed by atoms with Gasteiger partial charge >= 0.3 is 0 Å². The highest BCUT2D eigenvalue weighted by molar-refractivity contribution is 7.15. The third-order valence-corrected chi connectivity index (χ3v) is 4.11. The molecule has 0 saturated carbocycles. The number of pyridine rings is 1. The summed E-state index contributed by atoms with van der Waals surface area (Å²) in [6.07, 6.45) is 4.90. The van der Waals surface area contributed by atoms with Crippen molar-refractivity contribution < 1.29 is 0 Å². The maximum absolute atomic E-state index is 4.37. The van der Waals surface area contributed by atoms with E-state index in [1.807, 2.05) is 12.4 Å². The maximum Gasteiger partial charge on any atom is 0.188 e. The molecular weight excluding hydrogens is 294 g/mol. The van der Waals surface area contributed by atoms with Crippen LogP contribution in [0, 0.1) is 6.92 Å². The van der Waals surface area contributed by atoms with Crippen LogP contribution in [-0.4, -0.2) is 54.0 Å². The number of aromatic nitrogens is 2. The summed E-state index contributed by atoms with van der Waals surface area (Å²) in [6, 6.07) is 4.17. The summed E-state index contributed by atoms with van der Waals surface area (Å²) in [5.74, 6) is 0.855. The Kier molecular flexibility index (Phi) is 6.30. The van der Waals surface area contributed by atoms with E-state index in [1.165, 1.54) is 16.9 Å². The Bertz CT molecular complexity index is 581. The molecule has 0 aromatic carbocycles. The van der Waals surface area contributed by atoms with Gasteiger partial charge in [0.05, 0.1) is 0 Å². The number of thiazole rings is 1. The van der Waals surface area contributed by atoms with Gasteiger partial charge in [-0.25, -0.2) is 9.97 Å². The minimum Gasteiger partial charge on any atom is -0.316 e. The summed E-state index contributed by atoms with van der Waals surface area (Å²) in [5, 5.41) is 4.16. The molecule has 0 aliphatic carbocycles. The van der Waals surface area contributed by atoms with Crippen molar-refractivity contribution in [3.63, 3.8) is 0 Å². The quantitative estimate of drug-likeness (QED) is 0.810. The normalized spacial score (nSPS) is 11.4. The fourth-order valence-electron chi connectivity index (χ4n) is 2.21. The second kappa shape index (κ2) is 8.22. The van der Waals surface area contributed by atoms with E-state index in [1.54, 1.807) is 11.3 Å². The van der Waals surface area contributed by atoms with Crippen molar-refractivity contribution in [1.29, 1.82) is 0 Å². The molecule has 22 heavy (non-hydrogen) atoms. The van der Waals surface area contributed by atoms with E-state index in [0.29, 0.717) is 0 Å². The van der Waals surface area contributed by atoms with Gasteiger partial charge in [-0.2, -0.15) is 0 Å². The maximum atomic E-state index is 4.37. The van der Waals surface area contributed by atoms with Crippen LogP contribution in [0.5, 0.6) is 0 Å². The lowest BCUT2D eigenvalue weighted by atomic mass is 10.2. The lowest BCUT2D eigenvalue weighted by Gasteiger charge is -2.18. The predicted molar refractivity (Wildman–Crippen MR) is 93.9 cm³/mol. The van der Waals surface area contributed by atoms with Crippen LogP contribution in [0.3, 0.4) is 0 Å². The Balaban J connectivity index is 1.88. The number of nitrogens with one attached hydrogen (secondary N) is 1. The van der Waals surface area contributed by atoms with Crippen molar-refractivity contribution in [2.24, 2.45) is 0 Å². The standard InChI is InChI=1S/C16H25N5S/c1-13-11-18-16(22-13)19-15-10-14(6-7-17-15)12-21(4)9-5-8-20(2)3/h6-7,10-11H,5,8-9,12H2,1-4H3,(H,17,18,19). The molecule has 0 saturated heterocycles. The van der Waals surface area contributed by atoms with Crippen molar-refractivity contribution in [3.8, 4) is 0 Å². The summed E-state index contributed by atoms with van der Waals surface area (Å²) < 4.78 is 0. The van der Waals surface area contributed by atoms with Crippen LogP contribution in [0.25, 0.3) is 0 Å². The number of rotatable bonds is 8. The molecule has 2 aromatic rings. The summed E-state index contributed by atoms with van der Waals surface area (Å²) >= 11 is 1.64. The zero-order valence-corrected chi connectivity index (χ0v) is 14.7. The molecule has 0 unspecified atom stereocenters. The molecule has 6 heteroatoms. The Hall–Kier alpha value is -1.50.